The third-order valence-electron chi connectivity index (χ3n) is 3.74. The fourth-order valence-corrected chi connectivity index (χ4v) is 2.99. The number of carbonyl (C=O) groups is 1. The van der Waals surface area contributed by atoms with Crippen LogP contribution in [0.1, 0.15) is 19.4 Å². The van der Waals surface area contributed by atoms with Gasteiger partial charge in [-0.1, -0.05) is 15.9 Å². The summed E-state index contributed by atoms with van der Waals surface area (Å²) in [4.78, 5) is 12.6. The maximum atomic E-state index is 12.6. The normalized spacial score (nSPS) is 10.3. The Morgan fingerprint density at radius 2 is 1.63 bits per heavy atom. The third-order valence-corrected chi connectivity index (χ3v) is 4.48. The van der Waals surface area contributed by atoms with Crippen molar-refractivity contribution >= 4 is 27.5 Å². The van der Waals surface area contributed by atoms with Crippen molar-refractivity contribution in [2.75, 3.05) is 32.8 Å². The number of benzene rings is 2. The lowest BCUT2D eigenvalue weighted by atomic mass is 10.1. The molecule has 0 bridgehead atoms. The lowest BCUT2D eigenvalue weighted by Gasteiger charge is -2.15. The van der Waals surface area contributed by atoms with Gasteiger partial charge in [0.1, 0.15) is 11.5 Å². The summed E-state index contributed by atoms with van der Waals surface area (Å²) in [5.74, 6) is 2.26. The lowest BCUT2D eigenvalue weighted by Crippen LogP contribution is -2.15. The second kappa shape index (κ2) is 10.1. The van der Waals surface area contributed by atoms with E-state index in [0.717, 1.165) is 10.0 Å². The van der Waals surface area contributed by atoms with Gasteiger partial charge in [0.15, 0.2) is 11.5 Å². The largest absolute Gasteiger partial charge is 0.497 e. The van der Waals surface area contributed by atoms with Crippen LogP contribution >= 0.6 is 15.9 Å². The average Bonchev–Trinajstić information content (AvgIpc) is 2.65. The zero-order valence-electron chi connectivity index (χ0n) is 15.9. The fourth-order valence-electron chi connectivity index (χ4n) is 2.53. The van der Waals surface area contributed by atoms with E-state index in [-0.39, 0.29) is 12.3 Å². The standard InChI is InChI=1S/C20H24BrNO5/c1-5-26-18-9-13(15(21)12-19(18)27-6-2)10-20(23)22-16-11-14(24-3)7-8-17(16)25-4/h7-9,11-12H,5-6,10H2,1-4H3,(H,22,23). The molecule has 0 atom stereocenters. The molecule has 6 nitrogen and oxygen atoms in total. The smallest absolute Gasteiger partial charge is 0.228 e. The Morgan fingerprint density at radius 3 is 2.22 bits per heavy atom. The van der Waals surface area contributed by atoms with Crippen molar-refractivity contribution in [2.45, 2.75) is 20.3 Å². The number of nitrogens with one attached hydrogen (secondary N) is 1. The van der Waals surface area contributed by atoms with E-state index in [9.17, 15) is 4.79 Å². The number of halogens is 1. The summed E-state index contributed by atoms with van der Waals surface area (Å²) in [6.07, 6.45) is 0.160. The van der Waals surface area contributed by atoms with E-state index in [1.807, 2.05) is 26.0 Å². The maximum Gasteiger partial charge on any atom is 0.228 e. The van der Waals surface area contributed by atoms with Crippen LogP contribution in [-0.2, 0) is 11.2 Å². The monoisotopic (exact) mass is 437 g/mol. The first-order valence-corrected chi connectivity index (χ1v) is 9.41. The molecule has 0 saturated heterocycles. The molecule has 0 aliphatic heterocycles. The van der Waals surface area contributed by atoms with Crippen LogP contribution in [0.4, 0.5) is 5.69 Å². The molecule has 0 saturated carbocycles. The highest BCUT2D eigenvalue weighted by molar-refractivity contribution is 9.10. The Morgan fingerprint density at radius 1 is 0.963 bits per heavy atom. The summed E-state index contributed by atoms with van der Waals surface area (Å²) in [5.41, 5.74) is 1.34. The third kappa shape index (κ3) is 5.53. The summed E-state index contributed by atoms with van der Waals surface area (Å²) < 4.78 is 22.5. The van der Waals surface area contributed by atoms with Gasteiger partial charge in [-0.15, -0.1) is 0 Å². The Balaban J connectivity index is 2.21. The number of carbonyl (C=O) groups excluding carboxylic acids is 1. The molecule has 2 rings (SSSR count). The van der Waals surface area contributed by atoms with Crippen LogP contribution in [0, 0.1) is 0 Å². The molecule has 2 aromatic carbocycles. The molecule has 1 amide bonds. The molecule has 0 radical (unpaired) electrons. The molecule has 1 N–H and O–H groups in total. The Hall–Kier alpha value is -2.41. The number of ether oxygens (including phenoxy) is 4. The van der Waals surface area contributed by atoms with Crippen molar-refractivity contribution in [2.24, 2.45) is 0 Å². The van der Waals surface area contributed by atoms with E-state index in [0.29, 0.717) is 41.9 Å². The second-order valence-electron chi connectivity index (χ2n) is 5.55. The molecule has 0 heterocycles. The fraction of sp³-hybridized carbons (Fsp3) is 0.350. The van der Waals surface area contributed by atoms with Crippen molar-refractivity contribution in [3.8, 4) is 23.0 Å². The van der Waals surface area contributed by atoms with Crippen LogP contribution in [-0.4, -0.2) is 33.3 Å². The molecule has 27 heavy (non-hydrogen) atoms. The SMILES string of the molecule is CCOc1cc(Br)c(CC(=O)Nc2cc(OC)ccc2OC)cc1OCC. The minimum absolute atomic E-state index is 0.160. The lowest BCUT2D eigenvalue weighted by molar-refractivity contribution is -0.115. The van der Waals surface area contributed by atoms with Crippen molar-refractivity contribution < 1.29 is 23.7 Å². The van der Waals surface area contributed by atoms with Crippen molar-refractivity contribution in [3.05, 3.63) is 40.4 Å². The molecule has 0 aliphatic carbocycles. The first-order chi connectivity index (χ1) is 13.0. The molecule has 2 aromatic rings. The molecule has 0 unspecified atom stereocenters. The van der Waals surface area contributed by atoms with Gasteiger partial charge < -0.3 is 24.3 Å². The predicted octanol–water partition coefficient (Wildman–Crippen LogP) is 4.44. The van der Waals surface area contributed by atoms with Crippen LogP contribution in [0.5, 0.6) is 23.0 Å². The molecular formula is C20H24BrNO5. The van der Waals surface area contributed by atoms with E-state index >= 15 is 0 Å². The molecule has 0 fully saturated rings. The second-order valence-corrected chi connectivity index (χ2v) is 6.40. The quantitative estimate of drug-likeness (QED) is 0.627. The van der Waals surface area contributed by atoms with Gasteiger partial charge in [-0.25, -0.2) is 0 Å². The molecule has 7 heteroatoms. The maximum absolute atomic E-state index is 12.6. The van der Waals surface area contributed by atoms with E-state index < -0.39 is 0 Å². The van der Waals surface area contributed by atoms with Crippen LogP contribution in [0.2, 0.25) is 0 Å². The summed E-state index contributed by atoms with van der Waals surface area (Å²) in [6, 6.07) is 8.88. The van der Waals surface area contributed by atoms with Crippen molar-refractivity contribution in [3.63, 3.8) is 0 Å². The number of methoxy groups -OCH3 is 2. The van der Waals surface area contributed by atoms with Gasteiger partial charge in [-0.05, 0) is 43.7 Å². The number of anilines is 1. The molecular weight excluding hydrogens is 414 g/mol. The van der Waals surface area contributed by atoms with Gasteiger partial charge in [0.2, 0.25) is 5.91 Å². The van der Waals surface area contributed by atoms with Gasteiger partial charge >= 0.3 is 0 Å². The predicted molar refractivity (Wildman–Crippen MR) is 108 cm³/mol. The van der Waals surface area contributed by atoms with Gasteiger partial charge in [0.25, 0.3) is 0 Å². The van der Waals surface area contributed by atoms with Gasteiger partial charge in [-0.2, -0.15) is 0 Å². The number of rotatable bonds is 9. The first-order valence-electron chi connectivity index (χ1n) is 8.62. The summed E-state index contributed by atoms with van der Waals surface area (Å²) in [6.45, 7) is 4.85. The number of hydrogen-bond acceptors (Lipinski definition) is 5. The zero-order chi connectivity index (χ0) is 19.8. The summed E-state index contributed by atoms with van der Waals surface area (Å²) in [7, 11) is 3.12. The van der Waals surface area contributed by atoms with Gasteiger partial charge in [0, 0.05) is 10.5 Å². The number of amides is 1. The number of hydrogen-bond donors (Lipinski definition) is 1. The van der Waals surface area contributed by atoms with Gasteiger partial charge in [0.05, 0.1) is 39.5 Å². The van der Waals surface area contributed by atoms with Crippen LogP contribution in [0.15, 0.2) is 34.8 Å². The van der Waals surface area contributed by atoms with Gasteiger partial charge in [-0.3, -0.25) is 4.79 Å². The topological polar surface area (TPSA) is 66.0 Å². The molecule has 146 valence electrons. The summed E-state index contributed by atoms with van der Waals surface area (Å²) >= 11 is 3.51. The summed E-state index contributed by atoms with van der Waals surface area (Å²) in [5, 5.41) is 2.87. The highest BCUT2D eigenvalue weighted by Gasteiger charge is 2.15. The molecule has 0 aliphatic rings. The minimum Gasteiger partial charge on any atom is -0.497 e. The molecule has 0 spiro atoms. The van der Waals surface area contributed by atoms with Crippen molar-refractivity contribution in [1.29, 1.82) is 0 Å². The zero-order valence-corrected chi connectivity index (χ0v) is 17.5. The highest BCUT2D eigenvalue weighted by atomic mass is 79.9. The van der Waals surface area contributed by atoms with Crippen LogP contribution < -0.4 is 24.3 Å². The van der Waals surface area contributed by atoms with Crippen molar-refractivity contribution in [1.82, 2.24) is 0 Å². The Kier molecular flexibility index (Phi) is 7.79. The minimum atomic E-state index is -0.186. The average molecular weight is 438 g/mol. The Bertz CT molecular complexity index is 794. The van der Waals surface area contributed by atoms with E-state index in [2.05, 4.69) is 21.2 Å². The first kappa shape index (κ1) is 20.9. The van der Waals surface area contributed by atoms with E-state index in [1.165, 1.54) is 0 Å². The van der Waals surface area contributed by atoms with E-state index in [4.69, 9.17) is 18.9 Å². The Labute approximate surface area is 167 Å². The van der Waals surface area contributed by atoms with Crippen LogP contribution in [0.25, 0.3) is 0 Å². The highest BCUT2D eigenvalue weighted by Crippen LogP contribution is 2.35. The van der Waals surface area contributed by atoms with Crippen LogP contribution in [0.3, 0.4) is 0 Å². The molecule has 0 aromatic heterocycles. The van der Waals surface area contributed by atoms with E-state index in [1.54, 1.807) is 32.4 Å².